The Morgan fingerprint density at radius 2 is 1.88 bits per heavy atom. The molecule has 2 aromatic carbocycles. The predicted octanol–water partition coefficient (Wildman–Crippen LogP) is 3.20. The molecule has 0 saturated heterocycles. The maximum atomic E-state index is 12.8. The van der Waals surface area contributed by atoms with E-state index in [1.807, 2.05) is 4.57 Å². The summed E-state index contributed by atoms with van der Waals surface area (Å²) in [4.78, 5) is 29.6. The number of ether oxygens (including phenoxy) is 1. The van der Waals surface area contributed by atoms with Gasteiger partial charge < -0.3 is 9.30 Å². The number of hydrogen-bond donors (Lipinski definition) is 0. The van der Waals surface area contributed by atoms with Crippen molar-refractivity contribution >= 4 is 43.5 Å². The molecule has 1 heterocycles. The number of allylic oxidation sites excluding steroid dienone is 1. The molecular weight excluding hydrogens is 462 g/mol. The molecule has 1 amide bonds. The lowest BCUT2D eigenvalue weighted by Crippen LogP contribution is -2.28. The van der Waals surface area contributed by atoms with E-state index in [9.17, 15) is 18.0 Å². The summed E-state index contributed by atoms with van der Waals surface area (Å²) < 4.78 is 34.1. The molecule has 0 bridgehead atoms. The summed E-state index contributed by atoms with van der Waals surface area (Å²) in [6.45, 7) is 4.19. The second-order valence-electron chi connectivity index (χ2n) is 7.65. The van der Waals surface area contributed by atoms with Crippen LogP contribution in [-0.4, -0.2) is 49.4 Å². The number of amides is 1. The molecule has 1 aliphatic rings. The molecule has 8 nitrogen and oxygen atoms in total. The highest BCUT2D eigenvalue weighted by Gasteiger charge is 2.35. The van der Waals surface area contributed by atoms with Crippen molar-refractivity contribution in [2.45, 2.75) is 30.3 Å². The van der Waals surface area contributed by atoms with Crippen LogP contribution in [0.25, 0.3) is 10.2 Å². The Bertz CT molecular complexity index is 1410. The van der Waals surface area contributed by atoms with Gasteiger partial charge in [-0.15, -0.1) is 6.58 Å². The van der Waals surface area contributed by atoms with Gasteiger partial charge in [0.15, 0.2) is 4.80 Å². The van der Waals surface area contributed by atoms with Crippen molar-refractivity contribution in [2.75, 3.05) is 14.2 Å². The number of rotatable bonds is 7. The Morgan fingerprint density at radius 1 is 1.21 bits per heavy atom. The minimum atomic E-state index is -3.58. The van der Waals surface area contributed by atoms with Gasteiger partial charge in [0.2, 0.25) is 10.0 Å². The fourth-order valence-electron chi connectivity index (χ4n) is 3.43. The minimum Gasteiger partial charge on any atom is -0.465 e. The number of aromatic nitrogens is 1. The molecule has 0 radical (unpaired) electrons. The van der Waals surface area contributed by atoms with Gasteiger partial charge >= 0.3 is 5.97 Å². The van der Waals surface area contributed by atoms with Crippen LogP contribution in [0.1, 0.15) is 33.6 Å². The zero-order chi connectivity index (χ0) is 23.8. The highest BCUT2D eigenvalue weighted by Crippen LogP contribution is 2.30. The fraction of sp³-hybridized carbons (Fsp3) is 0.261. The number of carbonyl (C=O) groups excluding carboxylic acids is 2. The lowest BCUT2D eigenvalue weighted by Gasteiger charge is -2.16. The molecule has 0 N–H and O–H groups in total. The van der Waals surface area contributed by atoms with Crippen LogP contribution in [0.3, 0.4) is 0 Å². The smallest absolute Gasteiger partial charge is 0.337 e. The van der Waals surface area contributed by atoms with E-state index in [2.05, 4.69) is 11.6 Å². The van der Waals surface area contributed by atoms with Crippen LogP contribution < -0.4 is 4.80 Å². The van der Waals surface area contributed by atoms with E-state index in [1.165, 1.54) is 47.0 Å². The lowest BCUT2D eigenvalue weighted by molar-refractivity contribution is 0.0600. The van der Waals surface area contributed by atoms with Gasteiger partial charge in [-0.25, -0.2) is 13.2 Å². The molecule has 3 aromatic rings. The molecule has 0 unspecified atom stereocenters. The summed E-state index contributed by atoms with van der Waals surface area (Å²) in [5.74, 6) is -0.940. The summed E-state index contributed by atoms with van der Waals surface area (Å²) in [6, 6.07) is 11.0. The lowest BCUT2D eigenvalue weighted by atomic mass is 10.2. The first-order valence-corrected chi connectivity index (χ1v) is 12.5. The number of methoxy groups -OCH3 is 1. The third-order valence-electron chi connectivity index (χ3n) is 5.45. The molecular formula is C23H23N3O5S2. The third kappa shape index (κ3) is 4.54. The van der Waals surface area contributed by atoms with Gasteiger partial charge in [-0.05, 0) is 55.3 Å². The normalized spacial score (nSPS) is 14.6. The number of thiazole rings is 1. The van der Waals surface area contributed by atoms with Crippen LogP contribution in [0.5, 0.6) is 0 Å². The zero-order valence-corrected chi connectivity index (χ0v) is 19.9. The van der Waals surface area contributed by atoms with Crippen LogP contribution in [-0.2, 0) is 21.3 Å². The molecule has 1 aliphatic carbocycles. The summed E-state index contributed by atoms with van der Waals surface area (Å²) >= 11 is 1.27. The van der Waals surface area contributed by atoms with E-state index < -0.39 is 21.9 Å². The molecule has 1 fully saturated rings. The number of sulfonamides is 1. The van der Waals surface area contributed by atoms with Crippen LogP contribution in [0.4, 0.5) is 0 Å². The first-order valence-electron chi connectivity index (χ1n) is 10.3. The Balaban J connectivity index is 1.68. The average Bonchev–Trinajstić information content (AvgIpc) is 3.61. The summed E-state index contributed by atoms with van der Waals surface area (Å²) in [5.41, 5.74) is 1.49. The number of hydrogen-bond acceptors (Lipinski definition) is 6. The molecule has 4 rings (SSSR count). The molecule has 10 heteroatoms. The molecule has 33 heavy (non-hydrogen) atoms. The van der Waals surface area contributed by atoms with Crippen molar-refractivity contribution in [3.05, 3.63) is 71.0 Å². The summed E-state index contributed by atoms with van der Waals surface area (Å²) in [7, 11) is -0.687. The van der Waals surface area contributed by atoms with Gasteiger partial charge in [0.05, 0.1) is 27.8 Å². The Labute approximate surface area is 195 Å². The SMILES string of the molecule is C=CCn1c(=NC(=O)c2ccc(S(=O)(=O)N(C)C3CC3)cc2)sc2cc(C(=O)OC)ccc21. The first kappa shape index (κ1) is 23.1. The Hall–Kier alpha value is -3.08. The van der Waals surface area contributed by atoms with Crippen molar-refractivity contribution in [3.63, 3.8) is 0 Å². The minimum absolute atomic E-state index is 0.0549. The van der Waals surface area contributed by atoms with Crippen LogP contribution >= 0.6 is 11.3 Å². The van der Waals surface area contributed by atoms with Crippen molar-refractivity contribution in [1.29, 1.82) is 0 Å². The Morgan fingerprint density at radius 3 is 2.48 bits per heavy atom. The number of fused-ring (bicyclic) bond motifs is 1. The van der Waals surface area contributed by atoms with E-state index in [0.29, 0.717) is 16.9 Å². The monoisotopic (exact) mass is 485 g/mol. The van der Waals surface area contributed by atoms with Crippen molar-refractivity contribution in [2.24, 2.45) is 4.99 Å². The predicted molar refractivity (Wildman–Crippen MR) is 126 cm³/mol. The van der Waals surface area contributed by atoms with E-state index in [1.54, 1.807) is 31.3 Å². The largest absolute Gasteiger partial charge is 0.465 e. The maximum absolute atomic E-state index is 12.8. The van der Waals surface area contributed by atoms with Gasteiger partial charge in [-0.1, -0.05) is 17.4 Å². The van der Waals surface area contributed by atoms with Gasteiger partial charge in [0.1, 0.15) is 0 Å². The van der Waals surface area contributed by atoms with E-state index >= 15 is 0 Å². The molecule has 1 saturated carbocycles. The van der Waals surface area contributed by atoms with Gasteiger partial charge in [-0.2, -0.15) is 9.30 Å². The molecule has 172 valence electrons. The standard InChI is InChI=1S/C23H23N3O5S2/c1-4-13-26-19-12-7-16(22(28)31-3)14-20(19)32-23(26)24-21(27)15-5-10-18(11-6-15)33(29,30)25(2)17-8-9-17/h4-7,10-12,14,17H,1,8-9,13H2,2-3H3. The quantitative estimate of drug-likeness (QED) is 0.378. The Kier molecular flexibility index (Phi) is 6.33. The van der Waals surface area contributed by atoms with Crippen molar-refractivity contribution < 1.29 is 22.7 Å². The molecule has 0 atom stereocenters. The van der Waals surface area contributed by atoms with E-state index in [4.69, 9.17) is 4.74 Å². The first-order chi connectivity index (χ1) is 15.8. The van der Waals surface area contributed by atoms with Gasteiger partial charge in [0.25, 0.3) is 5.91 Å². The fourth-order valence-corrected chi connectivity index (χ4v) is 5.92. The topological polar surface area (TPSA) is 98.0 Å². The van der Waals surface area contributed by atoms with Crippen molar-refractivity contribution in [1.82, 2.24) is 8.87 Å². The highest BCUT2D eigenvalue weighted by molar-refractivity contribution is 7.89. The van der Waals surface area contributed by atoms with E-state index in [-0.39, 0.29) is 16.5 Å². The average molecular weight is 486 g/mol. The number of carbonyl (C=O) groups is 2. The van der Waals surface area contributed by atoms with Crippen LogP contribution in [0, 0.1) is 0 Å². The van der Waals surface area contributed by atoms with Gasteiger partial charge in [-0.3, -0.25) is 4.79 Å². The van der Waals surface area contributed by atoms with Gasteiger partial charge in [0, 0.05) is 25.2 Å². The third-order valence-corrected chi connectivity index (χ3v) is 8.42. The van der Waals surface area contributed by atoms with Crippen LogP contribution in [0.15, 0.2) is 65.0 Å². The number of benzene rings is 2. The van der Waals surface area contributed by atoms with E-state index in [0.717, 1.165) is 23.1 Å². The molecule has 0 spiro atoms. The molecule has 0 aliphatic heterocycles. The second kappa shape index (κ2) is 9.05. The highest BCUT2D eigenvalue weighted by atomic mass is 32.2. The van der Waals surface area contributed by atoms with Crippen molar-refractivity contribution in [3.8, 4) is 0 Å². The summed E-state index contributed by atoms with van der Waals surface area (Å²) in [5, 5.41) is 0. The molecule has 1 aromatic heterocycles. The number of esters is 1. The zero-order valence-electron chi connectivity index (χ0n) is 18.2. The second-order valence-corrected chi connectivity index (χ2v) is 10.7. The van der Waals surface area contributed by atoms with Crippen LogP contribution in [0.2, 0.25) is 0 Å². The number of nitrogens with zero attached hydrogens (tertiary/aromatic N) is 3. The summed E-state index contributed by atoms with van der Waals surface area (Å²) in [6.07, 6.45) is 3.43. The maximum Gasteiger partial charge on any atom is 0.337 e.